The van der Waals surface area contributed by atoms with E-state index in [0.717, 1.165) is 0 Å². The molecule has 19 heavy (non-hydrogen) atoms. The Hall–Kier alpha value is -1.86. The first-order valence-corrected chi connectivity index (χ1v) is 5.95. The van der Waals surface area contributed by atoms with Crippen LogP contribution in [0.25, 0.3) is 0 Å². The lowest BCUT2D eigenvalue weighted by Gasteiger charge is -2.23. The number of nitrogens with zero attached hydrogens (tertiary/aromatic N) is 1. The summed E-state index contributed by atoms with van der Waals surface area (Å²) in [4.78, 5) is 10.4. The van der Waals surface area contributed by atoms with Crippen LogP contribution < -0.4 is 10.1 Å². The number of anilines is 1. The van der Waals surface area contributed by atoms with Gasteiger partial charge in [0.05, 0.1) is 44.0 Å². The number of ether oxygens (including phenoxy) is 3. The summed E-state index contributed by atoms with van der Waals surface area (Å²) in [6.07, 6.45) is -0.0426. The molecule has 1 saturated heterocycles. The Morgan fingerprint density at radius 3 is 2.95 bits per heavy atom. The zero-order chi connectivity index (χ0) is 13.7. The van der Waals surface area contributed by atoms with Gasteiger partial charge >= 0.3 is 0 Å². The van der Waals surface area contributed by atoms with Gasteiger partial charge in [0.1, 0.15) is 5.75 Å². The maximum Gasteiger partial charge on any atom is 0.275 e. The largest absolute Gasteiger partial charge is 0.496 e. The van der Waals surface area contributed by atoms with Crippen molar-refractivity contribution in [1.29, 1.82) is 0 Å². The summed E-state index contributed by atoms with van der Waals surface area (Å²) in [7, 11) is 1.47. The first-order valence-electron chi connectivity index (χ1n) is 5.95. The molecule has 1 aromatic carbocycles. The Kier molecular flexibility index (Phi) is 4.53. The average Bonchev–Trinajstić information content (AvgIpc) is 2.45. The lowest BCUT2D eigenvalue weighted by Crippen LogP contribution is -2.34. The van der Waals surface area contributed by atoms with Crippen LogP contribution in [0.1, 0.15) is 0 Å². The van der Waals surface area contributed by atoms with E-state index in [4.69, 9.17) is 14.2 Å². The third kappa shape index (κ3) is 3.80. The van der Waals surface area contributed by atoms with Crippen LogP contribution in [0.4, 0.5) is 11.4 Å². The molecule has 0 aromatic heterocycles. The molecule has 0 bridgehead atoms. The van der Waals surface area contributed by atoms with Crippen molar-refractivity contribution in [1.82, 2.24) is 0 Å². The molecule has 104 valence electrons. The zero-order valence-corrected chi connectivity index (χ0v) is 10.6. The molecule has 1 heterocycles. The monoisotopic (exact) mass is 268 g/mol. The molecule has 0 amide bonds. The number of hydrogen-bond acceptors (Lipinski definition) is 6. The van der Waals surface area contributed by atoms with E-state index in [-0.39, 0.29) is 11.8 Å². The third-order valence-electron chi connectivity index (χ3n) is 2.76. The number of benzene rings is 1. The van der Waals surface area contributed by atoms with Crippen LogP contribution >= 0.6 is 0 Å². The second-order valence-corrected chi connectivity index (χ2v) is 4.13. The van der Waals surface area contributed by atoms with Crippen molar-refractivity contribution in [3.63, 3.8) is 0 Å². The van der Waals surface area contributed by atoms with E-state index in [2.05, 4.69) is 5.32 Å². The quantitative estimate of drug-likeness (QED) is 0.642. The van der Waals surface area contributed by atoms with Crippen molar-refractivity contribution < 1.29 is 19.1 Å². The van der Waals surface area contributed by atoms with E-state index in [0.29, 0.717) is 37.8 Å². The fourth-order valence-electron chi connectivity index (χ4n) is 1.79. The molecule has 2 rings (SSSR count). The van der Waals surface area contributed by atoms with Crippen molar-refractivity contribution in [3.05, 3.63) is 28.3 Å². The molecule has 7 nitrogen and oxygen atoms in total. The van der Waals surface area contributed by atoms with Gasteiger partial charge in [-0.25, -0.2) is 0 Å². The molecule has 0 saturated carbocycles. The fraction of sp³-hybridized carbons (Fsp3) is 0.500. The van der Waals surface area contributed by atoms with Crippen LogP contribution in [-0.4, -0.2) is 44.5 Å². The van der Waals surface area contributed by atoms with Gasteiger partial charge in [-0.15, -0.1) is 0 Å². The third-order valence-corrected chi connectivity index (χ3v) is 2.76. The highest BCUT2D eigenvalue weighted by Crippen LogP contribution is 2.25. The molecule has 1 aliphatic rings. The standard InChI is InChI=1S/C12H16N2O5/c1-17-11-5-9(4-10(6-11)14(15)16)13-7-12-8-18-2-3-19-12/h4-6,12-13H,2-3,7-8H2,1H3. The number of hydrogen-bond donors (Lipinski definition) is 1. The van der Waals surface area contributed by atoms with Crippen molar-refractivity contribution >= 4 is 11.4 Å². The van der Waals surface area contributed by atoms with E-state index in [1.165, 1.54) is 19.2 Å². The van der Waals surface area contributed by atoms with Gasteiger partial charge < -0.3 is 19.5 Å². The number of methoxy groups -OCH3 is 1. The summed E-state index contributed by atoms with van der Waals surface area (Å²) in [5.41, 5.74) is 0.614. The molecule has 0 radical (unpaired) electrons. The molecule has 1 fully saturated rings. The Balaban J connectivity index is 2.02. The number of non-ortho nitro benzene ring substituents is 1. The van der Waals surface area contributed by atoms with Crippen LogP contribution in [0.15, 0.2) is 18.2 Å². The molecular weight excluding hydrogens is 252 g/mol. The summed E-state index contributed by atoms with van der Waals surface area (Å²) in [5, 5.41) is 13.9. The lowest BCUT2D eigenvalue weighted by molar-refractivity contribution is -0.384. The molecule has 0 spiro atoms. The summed E-state index contributed by atoms with van der Waals surface area (Å²) in [6.45, 7) is 2.25. The summed E-state index contributed by atoms with van der Waals surface area (Å²) in [6, 6.07) is 4.55. The molecular formula is C12H16N2O5. The van der Waals surface area contributed by atoms with Gasteiger partial charge in [0.25, 0.3) is 5.69 Å². The van der Waals surface area contributed by atoms with Gasteiger partial charge in [0, 0.05) is 24.4 Å². The summed E-state index contributed by atoms with van der Waals surface area (Å²) >= 11 is 0. The van der Waals surface area contributed by atoms with Crippen molar-refractivity contribution in [3.8, 4) is 5.75 Å². The van der Waals surface area contributed by atoms with E-state index in [1.54, 1.807) is 6.07 Å². The van der Waals surface area contributed by atoms with E-state index in [1.807, 2.05) is 0 Å². The first-order chi connectivity index (χ1) is 9.19. The topological polar surface area (TPSA) is 82.9 Å². The van der Waals surface area contributed by atoms with Crippen LogP contribution in [-0.2, 0) is 9.47 Å². The number of nitro groups is 1. The van der Waals surface area contributed by atoms with Gasteiger partial charge in [0.15, 0.2) is 0 Å². The molecule has 1 aliphatic heterocycles. The highest BCUT2D eigenvalue weighted by atomic mass is 16.6. The molecule has 1 aromatic rings. The average molecular weight is 268 g/mol. The minimum absolute atomic E-state index is 0.0114. The normalized spacial score (nSPS) is 18.9. The minimum atomic E-state index is -0.450. The fourth-order valence-corrected chi connectivity index (χ4v) is 1.79. The van der Waals surface area contributed by atoms with Gasteiger partial charge in [-0.05, 0) is 0 Å². The summed E-state index contributed by atoms with van der Waals surface area (Å²) in [5.74, 6) is 0.442. The van der Waals surface area contributed by atoms with Gasteiger partial charge in [-0.1, -0.05) is 0 Å². The Morgan fingerprint density at radius 1 is 1.47 bits per heavy atom. The Morgan fingerprint density at radius 2 is 2.32 bits per heavy atom. The number of nitro benzene ring substituents is 1. The van der Waals surface area contributed by atoms with E-state index in [9.17, 15) is 10.1 Å². The van der Waals surface area contributed by atoms with E-state index < -0.39 is 4.92 Å². The molecule has 0 aliphatic carbocycles. The van der Waals surface area contributed by atoms with Crippen LogP contribution in [0.2, 0.25) is 0 Å². The highest BCUT2D eigenvalue weighted by molar-refractivity contribution is 5.56. The van der Waals surface area contributed by atoms with Crippen molar-refractivity contribution in [2.75, 3.05) is 38.8 Å². The van der Waals surface area contributed by atoms with Gasteiger partial charge in [0.2, 0.25) is 0 Å². The van der Waals surface area contributed by atoms with Crippen molar-refractivity contribution in [2.45, 2.75) is 6.10 Å². The Labute approximate surface area is 110 Å². The van der Waals surface area contributed by atoms with Crippen LogP contribution in [0.3, 0.4) is 0 Å². The predicted molar refractivity (Wildman–Crippen MR) is 68.7 cm³/mol. The second kappa shape index (κ2) is 6.35. The lowest BCUT2D eigenvalue weighted by atomic mass is 10.2. The van der Waals surface area contributed by atoms with Crippen LogP contribution in [0.5, 0.6) is 5.75 Å². The molecule has 1 atom stereocenters. The maximum atomic E-state index is 10.8. The smallest absolute Gasteiger partial charge is 0.275 e. The molecule has 7 heteroatoms. The zero-order valence-electron chi connectivity index (χ0n) is 10.6. The van der Waals surface area contributed by atoms with Crippen molar-refractivity contribution in [2.24, 2.45) is 0 Å². The highest BCUT2D eigenvalue weighted by Gasteiger charge is 2.15. The maximum absolute atomic E-state index is 10.8. The molecule has 1 unspecified atom stereocenters. The number of rotatable bonds is 5. The summed E-state index contributed by atoms with van der Waals surface area (Å²) < 4.78 is 15.8. The SMILES string of the molecule is COc1cc(NCC2COCCO2)cc([N+](=O)[O-])c1. The molecule has 1 N–H and O–H groups in total. The Bertz CT molecular complexity index is 446. The minimum Gasteiger partial charge on any atom is -0.496 e. The van der Waals surface area contributed by atoms with E-state index >= 15 is 0 Å². The second-order valence-electron chi connectivity index (χ2n) is 4.13. The predicted octanol–water partition coefficient (Wildman–Crippen LogP) is 1.43. The van der Waals surface area contributed by atoms with Crippen LogP contribution in [0, 0.1) is 10.1 Å². The van der Waals surface area contributed by atoms with Gasteiger partial charge in [-0.3, -0.25) is 10.1 Å². The first kappa shape index (κ1) is 13.6. The number of nitrogens with one attached hydrogen (secondary N) is 1. The van der Waals surface area contributed by atoms with Gasteiger partial charge in [-0.2, -0.15) is 0 Å².